The predicted octanol–water partition coefficient (Wildman–Crippen LogP) is 2.90. The number of rotatable bonds is 10. The van der Waals surface area contributed by atoms with Gasteiger partial charge in [0.1, 0.15) is 11.6 Å². The minimum atomic E-state index is 0.0181. The second-order valence-electron chi connectivity index (χ2n) is 7.15. The first-order valence-corrected chi connectivity index (χ1v) is 9.39. The number of aromatic nitrogens is 1. The molecule has 2 rings (SSSR count). The van der Waals surface area contributed by atoms with Crippen molar-refractivity contribution in [2.24, 2.45) is 0 Å². The number of aliphatic hydroxyl groups is 1. The average Bonchev–Trinajstić information content (AvgIpc) is 2.61. The monoisotopic (exact) mass is 372 g/mol. The van der Waals surface area contributed by atoms with Crippen molar-refractivity contribution < 1.29 is 9.84 Å². The number of hydrogen-bond donors (Lipinski definition) is 3. The maximum Gasteiger partial charge on any atom is 0.125 e. The number of hydrogen-bond acceptors (Lipinski definition) is 6. The van der Waals surface area contributed by atoms with Gasteiger partial charge in [0, 0.05) is 42.0 Å². The molecule has 0 spiro atoms. The lowest BCUT2D eigenvalue weighted by Gasteiger charge is -2.18. The van der Waals surface area contributed by atoms with Crippen molar-refractivity contribution in [1.82, 2.24) is 9.88 Å². The van der Waals surface area contributed by atoms with Crippen LogP contribution in [0.1, 0.15) is 36.6 Å². The maximum absolute atomic E-state index is 9.52. The van der Waals surface area contributed by atoms with Crippen LogP contribution in [-0.4, -0.2) is 48.8 Å². The van der Waals surface area contributed by atoms with Gasteiger partial charge < -0.3 is 25.8 Å². The van der Waals surface area contributed by atoms with Crippen LogP contribution in [0.2, 0.25) is 0 Å². The number of nitrogens with zero attached hydrogens (tertiary/aromatic N) is 2. The van der Waals surface area contributed by atoms with Crippen molar-refractivity contribution in [2.45, 2.75) is 38.8 Å². The summed E-state index contributed by atoms with van der Waals surface area (Å²) >= 11 is 0. The van der Waals surface area contributed by atoms with Crippen molar-refractivity contribution in [3.8, 4) is 5.75 Å². The van der Waals surface area contributed by atoms with E-state index in [1.54, 1.807) is 13.2 Å². The van der Waals surface area contributed by atoms with Crippen LogP contribution in [0.5, 0.6) is 5.75 Å². The second-order valence-corrected chi connectivity index (χ2v) is 7.15. The number of methoxy groups -OCH3 is 1. The van der Waals surface area contributed by atoms with E-state index in [-0.39, 0.29) is 12.6 Å². The Balaban J connectivity index is 2.21. The van der Waals surface area contributed by atoms with Gasteiger partial charge in [-0.3, -0.25) is 0 Å². The van der Waals surface area contributed by atoms with Gasteiger partial charge in [-0.15, -0.1) is 0 Å². The number of nitrogen functional groups attached to an aromatic ring is 1. The molecule has 27 heavy (non-hydrogen) atoms. The summed E-state index contributed by atoms with van der Waals surface area (Å²) in [5, 5.41) is 12.9. The lowest BCUT2D eigenvalue weighted by Crippen LogP contribution is -2.23. The van der Waals surface area contributed by atoms with Crippen molar-refractivity contribution >= 4 is 11.5 Å². The SMILES string of the molecule is CCC[C@@H](CO)Nc1cc(N)nc(Cc2ccc(CN(C)C)cc2OC)c1. The van der Waals surface area contributed by atoms with Gasteiger partial charge in [0.2, 0.25) is 0 Å². The molecule has 0 aliphatic rings. The summed E-state index contributed by atoms with van der Waals surface area (Å²) in [4.78, 5) is 6.59. The molecule has 0 aliphatic carbocycles. The van der Waals surface area contributed by atoms with Crippen LogP contribution < -0.4 is 15.8 Å². The maximum atomic E-state index is 9.52. The van der Waals surface area contributed by atoms with Crippen molar-refractivity contribution in [1.29, 1.82) is 0 Å². The van der Waals surface area contributed by atoms with Crippen molar-refractivity contribution in [2.75, 3.05) is 38.9 Å². The Morgan fingerprint density at radius 3 is 2.67 bits per heavy atom. The lowest BCUT2D eigenvalue weighted by molar-refractivity contribution is 0.268. The van der Waals surface area contributed by atoms with E-state index in [1.807, 2.05) is 20.2 Å². The van der Waals surface area contributed by atoms with E-state index in [0.29, 0.717) is 12.2 Å². The molecule has 6 nitrogen and oxygen atoms in total. The second kappa shape index (κ2) is 10.1. The highest BCUT2D eigenvalue weighted by Gasteiger charge is 2.11. The Morgan fingerprint density at radius 2 is 2.04 bits per heavy atom. The Bertz CT molecular complexity index is 734. The highest BCUT2D eigenvalue weighted by atomic mass is 16.5. The van der Waals surface area contributed by atoms with E-state index in [4.69, 9.17) is 10.5 Å². The van der Waals surface area contributed by atoms with E-state index >= 15 is 0 Å². The van der Waals surface area contributed by atoms with Crippen LogP contribution in [0.25, 0.3) is 0 Å². The van der Waals surface area contributed by atoms with Gasteiger partial charge in [-0.05, 0) is 38.2 Å². The van der Waals surface area contributed by atoms with E-state index in [1.165, 1.54) is 5.56 Å². The summed E-state index contributed by atoms with van der Waals surface area (Å²) < 4.78 is 5.59. The van der Waals surface area contributed by atoms with E-state index in [0.717, 1.165) is 42.1 Å². The molecular weight excluding hydrogens is 340 g/mol. The summed E-state index contributed by atoms with van der Waals surface area (Å²) in [5.41, 5.74) is 10.0. The fourth-order valence-corrected chi connectivity index (χ4v) is 3.17. The molecule has 0 bridgehead atoms. The number of nitrogens with one attached hydrogen (secondary N) is 1. The molecule has 0 fully saturated rings. The summed E-state index contributed by atoms with van der Waals surface area (Å²) in [6.07, 6.45) is 2.53. The zero-order chi connectivity index (χ0) is 19.8. The quantitative estimate of drug-likeness (QED) is 0.595. The third-order valence-electron chi connectivity index (χ3n) is 4.35. The standard InChI is InChI=1S/C21H32N4O2/c1-5-6-17(14-26)23-19-11-18(24-21(22)12-19)10-16-8-7-15(13-25(2)3)9-20(16)27-4/h7-9,11-12,17,26H,5-6,10,13-14H2,1-4H3,(H3,22,23,24)/t17-/m0/s1. The van der Waals surface area contributed by atoms with Gasteiger partial charge in [-0.25, -0.2) is 4.98 Å². The van der Waals surface area contributed by atoms with Gasteiger partial charge in [0.15, 0.2) is 0 Å². The van der Waals surface area contributed by atoms with Crippen molar-refractivity contribution in [3.05, 3.63) is 47.2 Å². The normalized spacial score (nSPS) is 12.2. The number of nitrogens with two attached hydrogens (primary N) is 1. The van der Waals surface area contributed by atoms with Crippen LogP contribution in [0.15, 0.2) is 30.3 Å². The highest BCUT2D eigenvalue weighted by molar-refractivity contribution is 5.53. The molecule has 1 aromatic heterocycles. The van der Waals surface area contributed by atoms with Gasteiger partial charge in [0.05, 0.1) is 13.7 Å². The Hall–Kier alpha value is -2.31. The molecular formula is C21H32N4O2. The van der Waals surface area contributed by atoms with Crippen LogP contribution in [0, 0.1) is 0 Å². The lowest BCUT2D eigenvalue weighted by atomic mass is 10.0. The number of aliphatic hydroxyl groups excluding tert-OH is 1. The largest absolute Gasteiger partial charge is 0.496 e. The van der Waals surface area contributed by atoms with Crippen LogP contribution >= 0.6 is 0 Å². The molecule has 1 atom stereocenters. The minimum absolute atomic E-state index is 0.0181. The number of pyridine rings is 1. The summed E-state index contributed by atoms with van der Waals surface area (Å²) in [6, 6.07) is 10.1. The summed E-state index contributed by atoms with van der Waals surface area (Å²) in [7, 11) is 5.78. The van der Waals surface area contributed by atoms with Crippen molar-refractivity contribution in [3.63, 3.8) is 0 Å². The van der Waals surface area contributed by atoms with Crippen LogP contribution in [0.4, 0.5) is 11.5 Å². The first kappa shape index (κ1) is 21.0. The van der Waals surface area contributed by atoms with Gasteiger partial charge in [-0.2, -0.15) is 0 Å². The molecule has 0 amide bonds. The van der Waals surface area contributed by atoms with E-state index in [9.17, 15) is 5.11 Å². The van der Waals surface area contributed by atoms with Gasteiger partial charge >= 0.3 is 0 Å². The molecule has 0 radical (unpaired) electrons. The molecule has 0 saturated carbocycles. The molecule has 2 aromatic rings. The zero-order valence-corrected chi connectivity index (χ0v) is 16.8. The first-order chi connectivity index (χ1) is 12.9. The fraction of sp³-hybridized carbons (Fsp3) is 0.476. The fourth-order valence-electron chi connectivity index (χ4n) is 3.17. The van der Waals surface area contributed by atoms with Gasteiger partial charge in [0.25, 0.3) is 0 Å². The smallest absolute Gasteiger partial charge is 0.125 e. The Labute approximate surface area is 162 Å². The van der Waals surface area contributed by atoms with Crippen LogP contribution in [0.3, 0.4) is 0 Å². The first-order valence-electron chi connectivity index (χ1n) is 9.39. The van der Waals surface area contributed by atoms with E-state index in [2.05, 4.69) is 40.3 Å². The molecule has 148 valence electrons. The third kappa shape index (κ3) is 6.41. The van der Waals surface area contributed by atoms with Crippen LogP contribution in [-0.2, 0) is 13.0 Å². The highest BCUT2D eigenvalue weighted by Crippen LogP contribution is 2.25. The summed E-state index contributed by atoms with van der Waals surface area (Å²) in [5.74, 6) is 1.32. The molecule has 1 heterocycles. The third-order valence-corrected chi connectivity index (χ3v) is 4.35. The van der Waals surface area contributed by atoms with E-state index < -0.39 is 0 Å². The molecule has 0 unspecified atom stereocenters. The topological polar surface area (TPSA) is 83.6 Å². The zero-order valence-electron chi connectivity index (χ0n) is 16.8. The number of benzene rings is 1. The predicted molar refractivity (Wildman–Crippen MR) is 111 cm³/mol. The number of anilines is 2. The molecule has 4 N–H and O–H groups in total. The Morgan fingerprint density at radius 1 is 1.26 bits per heavy atom. The minimum Gasteiger partial charge on any atom is -0.496 e. The molecule has 1 aromatic carbocycles. The average molecular weight is 373 g/mol. The molecule has 0 aliphatic heterocycles. The Kier molecular flexibility index (Phi) is 7.88. The van der Waals surface area contributed by atoms with Gasteiger partial charge in [-0.1, -0.05) is 25.5 Å². The number of ether oxygens (including phenoxy) is 1. The summed E-state index contributed by atoms with van der Waals surface area (Å²) in [6.45, 7) is 3.05. The molecule has 0 saturated heterocycles. The molecule has 6 heteroatoms.